The number of amides is 2. The summed E-state index contributed by atoms with van der Waals surface area (Å²) in [4.78, 5) is 26.4. The van der Waals surface area contributed by atoms with E-state index in [1.54, 1.807) is 31.4 Å². The van der Waals surface area contributed by atoms with Crippen LogP contribution in [0.3, 0.4) is 0 Å². The Bertz CT molecular complexity index is 829. The van der Waals surface area contributed by atoms with E-state index in [-0.39, 0.29) is 23.8 Å². The smallest absolute Gasteiger partial charge is 0.251 e. The van der Waals surface area contributed by atoms with Crippen LogP contribution in [-0.4, -0.2) is 44.5 Å². The van der Waals surface area contributed by atoms with Crippen LogP contribution in [0.25, 0.3) is 0 Å². The van der Waals surface area contributed by atoms with Gasteiger partial charge in [0.1, 0.15) is 5.75 Å². The molecular formula is C22H27N3O3. The number of hydrogen-bond donors (Lipinski definition) is 2. The number of nitrogens with zero attached hydrogens (tertiary/aromatic N) is 1. The van der Waals surface area contributed by atoms with Crippen molar-refractivity contribution in [2.24, 2.45) is 5.92 Å². The Morgan fingerprint density at radius 3 is 2.39 bits per heavy atom. The highest BCUT2D eigenvalue weighted by molar-refractivity contribution is 5.96. The van der Waals surface area contributed by atoms with Crippen molar-refractivity contribution in [1.29, 1.82) is 0 Å². The monoisotopic (exact) mass is 381 g/mol. The van der Waals surface area contributed by atoms with E-state index < -0.39 is 0 Å². The van der Waals surface area contributed by atoms with Gasteiger partial charge < -0.3 is 20.3 Å². The average Bonchev–Trinajstić information content (AvgIpc) is 3.54. The molecule has 0 radical (unpaired) electrons. The van der Waals surface area contributed by atoms with E-state index >= 15 is 0 Å². The summed E-state index contributed by atoms with van der Waals surface area (Å²) >= 11 is 0. The van der Waals surface area contributed by atoms with E-state index in [0.717, 1.165) is 24.2 Å². The van der Waals surface area contributed by atoms with Crippen LogP contribution in [0.5, 0.6) is 5.75 Å². The van der Waals surface area contributed by atoms with Crippen LogP contribution >= 0.6 is 0 Å². The Morgan fingerprint density at radius 1 is 1.11 bits per heavy atom. The summed E-state index contributed by atoms with van der Waals surface area (Å²) in [6.45, 7) is 0.451. The topological polar surface area (TPSA) is 70.7 Å². The summed E-state index contributed by atoms with van der Waals surface area (Å²) in [5.74, 6) is 0.858. The fourth-order valence-corrected chi connectivity index (χ4v) is 3.10. The van der Waals surface area contributed by atoms with Crippen LogP contribution in [0.15, 0.2) is 48.5 Å². The largest absolute Gasteiger partial charge is 0.496 e. The number of para-hydroxylation sites is 1. The lowest BCUT2D eigenvalue weighted by Crippen LogP contribution is -2.34. The highest BCUT2D eigenvalue weighted by Gasteiger charge is 2.29. The van der Waals surface area contributed by atoms with Crippen molar-refractivity contribution < 1.29 is 14.3 Å². The van der Waals surface area contributed by atoms with E-state index in [2.05, 4.69) is 15.5 Å². The quantitative estimate of drug-likeness (QED) is 0.737. The molecule has 2 amide bonds. The number of likely N-dealkylation sites (N-methyl/N-ethyl adjacent to an activating group) is 1. The van der Waals surface area contributed by atoms with Crippen molar-refractivity contribution in [2.75, 3.05) is 33.1 Å². The van der Waals surface area contributed by atoms with Gasteiger partial charge in [0.2, 0.25) is 5.91 Å². The van der Waals surface area contributed by atoms with Crippen molar-refractivity contribution in [3.05, 3.63) is 59.7 Å². The number of carbonyl (C=O) groups is 2. The maximum absolute atomic E-state index is 12.6. The van der Waals surface area contributed by atoms with Gasteiger partial charge in [-0.15, -0.1) is 0 Å². The molecule has 3 rings (SSSR count). The molecule has 2 N–H and O–H groups in total. The van der Waals surface area contributed by atoms with Gasteiger partial charge in [-0.1, -0.05) is 18.2 Å². The van der Waals surface area contributed by atoms with Gasteiger partial charge >= 0.3 is 0 Å². The number of anilines is 1. The number of hydrogen-bond acceptors (Lipinski definition) is 4. The molecule has 1 unspecified atom stereocenters. The second-order valence-electron chi connectivity index (χ2n) is 7.27. The molecule has 0 heterocycles. The van der Waals surface area contributed by atoms with E-state index in [1.165, 1.54) is 0 Å². The molecule has 2 aromatic carbocycles. The Labute approximate surface area is 165 Å². The number of rotatable bonds is 8. The van der Waals surface area contributed by atoms with Gasteiger partial charge in [0, 0.05) is 29.3 Å². The van der Waals surface area contributed by atoms with Crippen LogP contribution in [0, 0.1) is 5.92 Å². The van der Waals surface area contributed by atoms with Gasteiger partial charge in [-0.25, -0.2) is 0 Å². The first-order valence-electron chi connectivity index (χ1n) is 9.48. The zero-order valence-electron chi connectivity index (χ0n) is 16.6. The molecule has 0 aliphatic heterocycles. The van der Waals surface area contributed by atoms with E-state index in [1.807, 2.05) is 38.4 Å². The van der Waals surface area contributed by atoms with Crippen LogP contribution < -0.4 is 15.4 Å². The molecule has 0 aromatic heterocycles. The number of benzene rings is 2. The second kappa shape index (κ2) is 8.89. The van der Waals surface area contributed by atoms with Gasteiger partial charge in [-0.2, -0.15) is 0 Å². The fourth-order valence-electron chi connectivity index (χ4n) is 3.10. The molecule has 148 valence electrons. The van der Waals surface area contributed by atoms with Crippen LogP contribution in [0.4, 0.5) is 5.69 Å². The normalized spacial score (nSPS) is 14.4. The number of methoxy groups -OCH3 is 1. The van der Waals surface area contributed by atoms with Gasteiger partial charge in [0.25, 0.3) is 5.91 Å². The molecule has 0 spiro atoms. The molecule has 1 aliphatic carbocycles. The van der Waals surface area contributed by atoms with Crippen LogP contribution in [0.1, 0.15) is 34.8 Å². The summed E-state index contributed by atoms with van der Waals surface area (Å²) in [7, 11) is 5.59. The summed E-state index contributed by atoms with van der Waals surface area (Å²) in [6.07, 6.45) is 1.93. The number of nitrogens with one attached hydrogen (secondary N) is 2. The maximum atomic E-state index is 12.6. The van der Waals surface area contributed by atoms with Gasteiger partial charge in [-0.05, 0) is 57.3 Å². The lowest BCUT2D eigenvalue weighted by molar-refractivity contribution is -0.117. The zero-order chi connectivity index (χ0) is 20.1. The van der Waals surface area contributed by atoms with Gasteiger partial charge in [0.15, 0.2) is 0 Å². The highest BCUT2D eigenvalue weighted by Crippen LogP contribution is 2.30. The first-order valence-corrected chi connectivity index (χ1v) is 9.48. The first-order chi connectivity index (χ1) is 13.5. The Balaban J connectivity index is 1.62. The summed E-state index contributed by atoms with van der Waals surface area (Å²) in [5, 5.41) is 5.87. The third-order valence-electron chi connectivity index (χ3n) is 4.94. The second-order valence-corrected chi connectivity index (χ2v) is 7.27. The van der Waals surface area contributed by atoms with E-state index in [0.29, 0.717) is 17.8 Å². The third kappa shape index (κ3) is 4.89. The maximum Gasteiger partial charge on any atom is 0.251 e. The number of ether oxygens (including phenoxy) is 1. The van der Waals surface area contributed by atoms with E-state index in [9.17, 15) is 9.59 Å². The van der Waals surface area contributed by atoms with Gasteiger partial charge in [0.05, 0.1) is 13.2 Å². The van der Waals surface area contributed by atoms with Crippen LogP contribution in [0.2, 0.25) is 0 Å². The molecular weight excluding hydrogens is 354 g/mol. The van der Waals surface area contributed by atoms with Crippen molar-refractivity contribution in [2.45, 2.75) is 18.9 Å². The summed E-state index contributed by atoms with van der Waals surface area (Å²) in [5.41, 5.74) is 2.30. The van der Waals surface area contributed by atoms with E-state index in [4.69, 9.17) is 4.74 Å². The molecule has 6 heteroatoms. The van der Waals surface area contributed by atoms with Gasteiger partial charge in [-0.3, -0.25) is 9.59 Å². The molecule has 1 atom stereocenters. The molecule has 1 fully saturated rings. The molecule has 1 saturated carbocycles. The predicted molar refractivity (Wildman–Crippen MR) is 110 cm³/mol. The standard InChI is InChI=1S/C22H27N3O3/c1-25(2)19(18-6-4-5-7-20(18)28-3)14-23-21(26)15-10-12-17(13-11-15)24-22(27)16-8-9-16/h4-7,10-13,16,19H,8-9,14H2,1-3H3,(H,23,26)(H,24,27). The Kier molecular flexibility index (Phi) is 6.31. The molecule has 2 aromatic rings. The summed E-state index contributed by atoms with van der Waals surface area (Å²) < 4.78 is 5.46. The Morgan fingerprint density at radius 2 is 1.79 bits per heavy atom. The van der Waals surface area contributed by atoms with Crippen molar-refractivity contribution in [3.8, 4) is 5.75 Å². The average molecular weight is 381 g/mol. The SMILES string of the molecule is COc1ccccc1C(CNC(=O)c1ccc(NC(=O)C2CC2)cc1)N(C)C. The number of carbonyl (C=O) groups excluding carboxylic acids is 2. The van der Waals surface area contributed by atoms with Crippen molar-refractivity contribution in [3.63, 3.8) is 0 Å². The van der Waals surface area contributed by atoms with Crippen molar-refractivity contribution in [1.82, 2.24) is 10.2 Å². The first kappa shape index (κ1) is 19.9. The molecule has 0 saturated heterocycles. The predicted octanol–water partition coefficient (Wildman–Crippen LogP) is 3.08. The molecule has 28 heavy (non-hydrogen) atoms. The zero-order valence-corrected chi connectivity index (χ0v) is 16.6. The molecule has 1 aliphatic rings. The minimum Gasteiger partial charge on any atom is -0.496 e. The third-order valence-corrected chi connectivity index (χ3v) is 4.94. The molecule has 6 nitrogen and oxygen atoms in total. The Hall–Kier alpha value is -2.86. The minimum absolute atomic E-state index is 0.0165. The lowest BCUT2D eigenvalue weighted by Gasteiger charge is -2.26. The fraction of sp³-hybridized carbons (Fsp3) is 0.364. The van der Waals surface area contributed by atoms with Crippen molar-refractivity contribution >= 4 is 17.5 Å². The highest BCUT2D eigenvalue weighted by atomic mass is 16.5. The molecule has 0 bridgehead atoms. The summed E-state index contributed by atoms with van der Waals surface area (Å²) in [6, 6.07) is 14.8. The lowest BCUT2D eigenvalue weighted by atomic mass is 10.0. The minimum atomic E-state index is -0.151. The van der Waals surface area contributed by atoms with Crippen LogP contribution in [-0.2, 0) is 4.79 Å².